The fraction of sp³-hybridized carbons (Fsp3) is 0.120. The number of carboxylic acids is 1. The number of aryl methyl sites for hydroxylation is 1. The number of halogens is 1. The van der Waals surface area contributed by atoms with Crippen LogP contribution in [0.15, 0.2) is 60.2 Å². The largest absolute Gasteiger partial charge is 0.478 e. The third-order valence-electron chi connectivity index (χ3n) is 5.67. The zero-order chi connectivity index (χ0) is 24.7. The Morgan fingerprint density at radius 1 is 0.941 bits per heavy atom. The minimum absolute atomic E-state index is 0.0390. The van der Waals surface area contributed by atoms with Crippen molar-refractivity contribution in [2.45, 2.75) is 13.8 Å². The van der Waals surface area contributed by atoms with Crippen LogP contribution >= 0.6 is 11.6 Å². The van der Waals surface area contributed by atoms with Crippen molar-refractivity contribution >= 4 is 47.2 Å². The Labute approximate surface area is 200 Å². The topological polar surface area (TPSA) is 99.9 Å². The summed E-state index contributed by atoms with van der Waals surface area (Å²) in [5.74, 6) is -2.57. The van der Waals surface area contributed by atoms with Crippen molar-refractivity contribution in [1.29, 1.82) is 0 Å². The smallest absolute Gasteiger partial charge is 0.338 e. The predicted molar refractivity (Wildman–Crippen MR) is 127 cm³/mol. The molecule has 3 aromatic rings. The standard InChI is InChI=1S/C25H20ClN3O5/c1-14-11-16(15(2)28(14)18-9-10-21(26)19(13-18)24(32)33)12-20-22(30)27(3)25(34)29(23(20)31)17-7-5-4-6-8-17/h4-13H,1-3H3,(H,32,33)/b20-12+. The van der Waals surface area contributed by atoms with Gasteiger partial charge >= 0.3 is 12.0 Å². The number of anilines is 1. The molecule has 1 aliphatic heterocycles. The van der Waals surface area contributed by atoms with Gasteiger partial charge in [-0.1, -0.05) is 29.8 Å². The number of carbonyl (C=O) groups is 4. The molecule has 8 nitrogen and oxygen atoms in total. The molecule has 1 aliphatic rings. The molecule has 9 heteroatoms. The lowest BCUT2D eigenvalue weighted by molar-refractivity contribution is -0.128. The number of benzene rings is 2. The summed E-state index contributed by atoms with van der Waals surface area (Å²) < 4.78 is 1.80. The lowest BCUT2D eigenvalue weighted by Gasteiger charge is -2.31. The quantitative estimate of drug-likeness (QED) is 0.442. The van der Waals surface area contributed by atoms with Crippen molar-refractivity contribution < 1.29 is 24.3 Å². The second kappa shape index (κ2) is 8.64. The van der Waals surface area contributed by atoms with Gasteiger partial charge in [-0.2, -0.15) is 0 Å². The van der Waals surface area contributed by atoms with Crippen molar-refractivity contribution in [2.75, 3.05) is 11.9 Å². The van der Waals surface area contributed by atoms with Gasteiger partial charge in [0, 0.05) is 24.1 Å². The highest BCUT2D eigenvalue weighted by molar-refractivity contribution is 6.39. The number of rotatable bonds is 4. The number of barbiturate groups is 1. The van der Waals surface area contributed by atoms with Gasteiger partial charge in [0.05, 0.1) is 16.3 Å². The molecule has 0 unspecified atom stereocenters. The lowest BCUT2D eigenvalue weighted by atomic mass is 10.1. The number of para-hydroxylation sites is 1. The van der Waals surface area contributed by atoms with E-state index in [2.05, 4.69) is 0 Å². The van der Waals surface area contributed by atoms with Gasteiger partial charge in [0.1, 0.15) is 5.57 Å². The molecule has 4 rings (SSSR count). The molecule has 4 amide bonds. The summed E-state index contributed by atoms with van der Waals surface area (Å²) in [6.07, 6.45) is 1.45. The van der Waals surface area contributed by atoms with E-state index in [1.807, 2.05) is 6.92 Å². The number of aromatic nitrogens is 1. The number of hydrogen-bond donors (Lipinski definition) is 1. The van der Waals surface area contributed by atoms with E-state index in [0.717, 1.165) is 15.5 Å². The molecule has 2 heterocycles. The van der Waals surface area contributed by atoms with E-state index >= 15 is 0 Å². The predicted octanol–water partition coefficient (Wildman–Crippen LogP) is 4.45. The Morgan fingerprint density at radius 2 is 1.62 bits per heavy atom. The maximum Gasteiger partial charge on any atom is 0.338 e. The first kappa shape index (κ1) is 23.0. The van der Waals surface area contributed by atoms with E-state index in [1.54, 1.807) is 54.0 Å². The molecule has 172 valence electrons. The minimum Gasteiger partial charge on any atom is -0.478 e. The van der Waals surface area contributed by atoms with E-state index in [-0.39, 0.29) is 16.2 Å². The Balaban J connectivity index is 1.81. The first-order valence-corrected chi connectivity index (χ1v) is 10.6. The number of aromatic carboxylic acids is 1. The van der Waals surface area contributed by atoms with Crippen LogP contribution in [0.25, 0.3) is 11.8 Å². The van der Waals surface area contributed by atoms with Crippen LogP contribution in [0.1, 0.15) is 27.3 Å². The number of amides is 4. The van der Waals surface area contributed by atoms with Crippen molar-refractivity contribution in [3.05, 3.63) is 87.7 Å². The Hall–Kier alpha value is -4.17. The molecule has 0 atom stereocenters. The van der Waals surface area contributed by atoms with Gasteiger partial charge in [-0.25, -0.2) is 14.5 Å². The number of nitrogens with zero attached hydrogens (tertiary/aromatic N) is 3. The van der Waals surface area contributed by atoms with Crippen LogP contribution in [-0.4, -0.2) is 45.4 Å². The highest BCUT2D eigenvalue weighted by Gasteiger charge is 2.41. The Kier molecular flexibility index (Phi) is 5.85. The molecule has 0 bridgehead atoms. The summed E-state index contributed by atoms with van der Waals surface area (Å²) in [7, 11) is 1.32. The summed E-state index contributed by atoms with van der Waals surface area (Å²) in [5.41, 5.74) is 2.74. The summed E-state index contributed by atoms with van der Waals surface area (Å²) in [6, 6.07) is 14.1. The maximum atomic E-state index is 13.2. The first-order chi connectivity index (χ1) is 16.1. The minimum atomic E-state index is -1.15. The van der Waals surface area contributed by atoms with Gasteiger partial charge in [0.25, 0.3) is 11.8 Å². The average Bonchev–Trinajstić information content (AvgIpc) is 3.09. The number of carbonyl (C=O) groups excluding carboxylic acids is 3. The van der Waals surface area contributed by atoms with Crippen LogP contribution in [0.5, 0.6) is 0 Å². The fourth-order valence-electron chi connectivity index (χ4n) is 3.95. The molecule has 0 spiro atoms. The third-order valence-corrected chi connectivity index (χ3v) is 6.00. The van der Waals surface area contributed by atoms with E-state index in [9.17, 15) is 24.3 Å². The molecule has 34 heavy (non-hydrogen) atoms. The lowest BCUT2D eigenvalue weighted by Crippen LogP contribution is -2.55. The van der Waals surface area contributed by atoms with Crippen LogP contribution in [-0.2, 0) is 9.59 Å². The second-order valence-corrected chi connectivity index (χ2v) is 8.22. The van der Waals surface area contributed by atoms with Gasteiger partial charge in [-0.3, -0.25) is 14.5 Å². The summed E-state index contributed by atoms with van der Waals surface area (Å²) >= 11 is 6.00. The number of carboxylic acid groups (broad SMARTS) is 1. The van der Waals surface area contributed by atoms with Crippen molar-refractivity contribution in [3.63, 3.8) is 0 Å². The molecule has 2 aromatic carbocycles. The van der Waals surface area contributed by atoms with Crippen molar-refractivity contribution in [2.24, 2.45) is 0 Å². The summed E-state index contributed by atoms with van der Waals surface area (Å²) in [5, 5.41) is 9.52. The van der Waals surface area contributed by atoms with Gasteiger partial charge in [0.2, 0.25) is 0 Å². The zero-order valence-electron chi connectivity index (χ0n) is 18.6. The molecule has 0 aliphatic carbocycles. The highest BCUT2D eigenvalue weighted by Crippen LogP contribution is 2.29. The zero-order valence-corrected chi connectivity index (χ0v) is 19.3. The number of urea groups is 1. The monoisotopic (exact) mass is 477 g/mol. The van der Waals surface area contributed by atoms with Crippen LogP contribution in [0.3, 0.4) is 0 Å². The van der Waals surface area contributed by atoms with Crippen LogP contribution < -0.4 is 4.90 Å². The van der Waals surface area contributed by atoms with Crippen LogP contribution in [0, 0.1) is 13.8 Å². The van der Waals surface area contributed by atoms with Crippen LogP contribution in [0.4, 0.5) is 10.5 Å². The first-order valence-electron chi connectivity index (χ1n) is 10.3. The third kappa shape index (κ3) is 3.78. The normalized spacial score (nSPS) is 15.4. The number of imide groups is 2. The molecular weight excluding hydrogens is 458 g/mol. The van der Waals surface area contributed by atoms with Crippen LogP contribution in [0.2, 0.25) is 5.02 Å². The van der Waals surface area contributed by atoms with E-state index in [1.165, 1.54) is 25.3 Å². The molecule has 1 fully saturated rings. The van der Waals surface area contributed by atoms with Gasteiger partial charge in [-0.15, -0.1) is 0 Å². The average molecular weight is 478 g/mol. The van der Waals surface area contributed by atoms with Crippen molar-refractivity contribution in [1.82, 2.24) is 9.47 Å². The SMILES string of the molecule is Cc1cc(/C=C2\C(=O)N(C)C(=O)N(c3ccccc3)C2=O)c(C)n1-c1ccc(Cl)c(C(=O)O)c1. The molecule has 0 saturated carbocycles. The summed E-state index contributed by atoms with van der Waals surface area (Å²) in [4.78, 5) is 52.1. The van der Waals surface area contributed by atoms with Gasteiger partial charge < -0.3 is 9.67 Å². The van der Waals surface area contributed by atoms with Crippen molar-refractivity contribution in [3.8, 4) is 5.69 Å². The maximum absolute atomic E-state index is 13.2. The molecular formula is C25H20ClN3O5. The Bertz CT molecular complexity index is 1390. The molecule has 0 radical (unpaired) electrons. The molecule has 1 aromatic heterocycles. The van der Waals surface area contributed by atoms with E-state index < -0.39 is 23.8 Å². The number of hydrogen-bond acceptors (Lipinski definition) is 4. The second-order valence-electron chi connectivity index (χ2n) is 7.81. The summed E-state index contributed by atoms with van der Waals surface area (Å²) in [6.45, 7) is 3.61. The fourth-order valence-corrected chi connectivity index (χ4v) is 4.15. The Morgan fingerprint density at radius 3 is 2.26 bits per heavy atom. The number of likely N-dealkylation sites (N-methyl/N-ethyl adjacent to an activating group) is 1. The molecule has 1 saturated heterocycles. The van der Waals surface area contributed by atoms with E-state index in [0.29, 0.717) is 22.6 Å². The molecule has 1 N–H and O–H groups in total. The van der Waals surface area contributed by atoms with Gasteiger partial charge in [0.15, 0.2) is 0 Å². The van der Waals surface area contributed by atoms with E-state index in [4.69, 9.17) is 11.6 Å². The highest BCUT2D eigenvalue weighted by atomic mass is 35.5. The van der Waals surface area contributed by atoms with Gasteiger partial charge in [-0.05, 0) is 61.9 Å².